The topological polar surface area (TPSA) is 44.7 Å². The molecule has 1 saturated heterocycles. The Morgan fingerprint density at radius 2 is 2.10 bits per heavy atom. The molecule has 0 aromatic carbocycles. The van der Waals surface area contributed by atoms with E-state index >= 15 is 0 Å². The van der Waals surface area contributed by atoms with E-state index in [1.165, 1.54) is 13.3 Å². The lowest BCUT2D eigenvalue weighted by Crippen LogP contribution is -2.43. The summed E-state index contributed by atoms with van der Waals surface area (Å²) < 4.78 is 0. The third kappa shape index (κ3) is 3.76. The molecule has 2 aliphatic rings. The van der Waals surface area contributed by atoms with Gasteiger partial charge in [-0.25, -0.2) is 0 Å². The highest BCUT2D eigenvalue weighted by atomic mass is 35.5. The molecule has 4 nitrogen and oxygen atoms in total. The number of alkyl halides is 1. The van der Waals surface area contributed by atoms with Crippen LogP contribution in [0.15, 0.2) is 28.4 Å². The van der Waals surface area contributed by atoms with Crippen LogP contribution in [-0.4, -0.2) is 41.0 Å². The minimum absolute atomic E-state index is 0.0445. The van der Waals surface area contributed by atoms with E-state index in [2.05, 4.69) is 10.5 Å². The Bertz CT molecular complexity index is 453. The molecule has 0 spiro atoms. The average Bonchev–Trinajstić information content (AvgIpc) is 2.43. The van der Waals surface area contributed by atoms with Gasteiger partial charge in [-0.1, -0.05) is 23.8 Å². The number of rotatable bonds is 3. The van der Waals surface area contributed by atoms with Crippen molar-refractivity contribution < 1.29 is 4.79 Å². The number of nitrogens with zero attached hydrogens (tertiary/aromatic N) is 2. The largest absolute Gasteiger partial charge is 0.352 e. The molecule has 2 atom stereocenters. The molecule has 110 valence electrons. The van der Waals surface area contributed by atoms with Crippen LogP contribution in [0.4, 0.5) is 0 Å². The van der Waals surface area contributed by atoms with Crippen LogP contribution >= 0.6 is 23.2 Å². The summed E-state index contributed by atoms with van der Waals surface area (Å²) >= 11 is 12.3. The van der Waals surface area contributed by atoms with Gasteiger partial charge in [-0.3, -0.25) is 10.2 Å². The minimum atomic E-state index is -0.289. The minimum Gasteiger partial charge on any atom is -0.352 e. The summed E-state index contributed by atoms with van der Waals surface area (Å²) in [6.45, 7) is 3.28. The van der Waals surface area contributed by atoms with E-state index in [4.69, 9.17) is 23.2 Å². The number of hydrazone groups is 1. The molecule has 1 heterocycles. The van der Waals surface area contributed by atoms with Gasteiger partial charge in [0.1, 0.15) is 0 Å². The number of Topliss-reactive ketones (excluding diaryl/α,β-unsaturated/α-hetero) is 1. The molecule has 0 amide bonds. The Kier molecular flexibility index (Phi) is 5.49. The molecule has 0 bridgehead atoms. The molecule has 0 aromatic rings. The second-order valence-electron chi connectivity index (χ2n) is 5.03. The van der Waals surface area contributed by atoms with E-state index in [-0.39, 0.29) is 17.2 Å². The lowest BCUT2D eigenvalue weighted by atomic mass is 10.1. The van der Waals surface area contributed by atoms with Crippen molar-refractivity contribution in [3.8, 4) is 0 Å². The van der Waals surface area contributed by atoms with Crippen molar-refractivity contribution >= 4 is 34.8 Å². The first-order valence-electron chi connectivity index (χ1n) is 6.86. The van der Waals surface area contributed by atoms with Gasteiger partial charge in [0.05, 0.1) is 11.4 Å². The first-order chi connectivity index (χ1) is 9.59. The zero-order chi connectivity index (χ0) is 14.5. The van der Waals surface area contributed by atoms with Crippen LogP contribution in [0.3, 0.4) is 0 Å². The molecule has 1 fully saturated rings. The van der Waals surface area contributed by atoms with Crippen molar-refractivity contribution in [1.82, 2.24) is 10.3 Å². The van der Waals surface area contributed by atoms with Crippen molar-refractivity contribution in [2.45, 2.75) is 37.6 Å². The molecule has 0 unspecified atom stereocenters. The van der Waals surface area contributed by atoms with Crippen molar-refractivity contribution in [1.29, 1.82) is 0 Å². The van der Waals surface area contributed by atoms with Crippen LogP contribution in [0.5, 0.6) is 0 Å². The maximum absolute atomic E-state index is 11.8. The summed E-state index contributed by atoms with van der Waals surface area (Å²) in [5, 5.41) is 4.59. The highest BCUT2D eigenvalue weighted by molar-refractivity contribution is 6.37. The monoisotopic (exact) mass is 315 g/mol. The number of amidine groups is 1. The first kappa shape index (κ1) is 15.4. The van der Waals surface area contributed by atoms with E-state index < -0.39 is 0 Å². The SMILES string of the molecule is CC(=O)/C(=N\N[C@@H]1C(Cl)=CC=C[C@@H]1Cl)N1CCCCC1. The zero-order valence-corrected chi connectivity index (χ0v) is 13.0. The Hall–Kier alpha value is -1.00. The fourth-order valence-electron chi connectivity index (χ4n) is 2.36. The van der Waals surface area contributed by atoms with Crippen LogP contribution in [-0.2, 0) is 4.79 Å². The number of carbonyl (C=O) groups is 1. The Morgan fingerprint density at radius 1 is 1.40 bits per heavy atom. The van der Waals surface area contributed by atoms with Crippen molar-refractivity contribution in [3.63, 3.8) is 0 Å². The summed E-state index contributed by atoms with van der Waals surface area (Å²) in [7, 11) is 0. The van der Waals surface area contributed by atoms with Gasteiger partial charge in [0.15, 0.2) is 11.6 Å². The summed E-state index contributed by atoms with van der Waals surface area (Å²) in [5.41, 5.74) is 2.94. The standard InChI is InChI=1S/C14H19Cl2N3O/c1-10(20)14(19-8-3-2-4-9-19)18-17-13-11(15)6-5-7-12(13)16/h5-7,11,13,17H,2-4,8-9H2,1H3/b18-14+/t11-,13-/m0/s1. The number of allylic oxidation sites excluding steroid dienone is 2. The Labute approximate surface area is 129 Å². The Balaban J connectivity index is 2.07. The number of hydrogen-bond acceptors (Lipinski definition) is 3. The third-order valence-electron chi connectivity index (χ3n) is 3.45. The van der Waals surface area contributed by atoms with Crippen LogP contribution in [0.1, 0.15) is 26.2 Å². The predicted molar refractivity (Wildman–Crippen MR) is 83.2 cm³/mol. The molecule has 1 N–H and O–H groups in total. The van der Waals surface area contributed by atoms with Crippen molar-refractivity contribution in [2.75, 3.05) is 13.1 Å². The number of nitrogens with one attached hydrogen (secondary N) is 1. The Morgan fingerprint density at radius 3 is 2.70 bits per heavy atom. The first-order valence-corrected chi connectivity index (χ1v) is 7.68. The zero-order valence-electron chi connectivity index (χ0n) is 11.5. The molecule has 0 radical (unpaired) electrons. The molecule has 6 heteroatoms. The van der Waals surface area contributed by atoms with Gasteiger partial charge in [-0.05, 0) is 25.3 Å². The van der Waals surface area contributed by atoms with Gasteiger partial charge >= 0.3 is 0 Å². The average molecular weight is 316 g/mol. The third-order valence-corrected chi connectivity index (χ3v) is 4.20. The number of hydrogen-bond donors (Lipinski definition) is 1. The van der Waals surface area contributed by atoms with Gasteiger partial charge in [-0.15, -0.1) is 11.6 Å². The quantitative estimate of drug-likeness (QED) is 0.377. The lowest BCUT2D eigenvalue weighted by Gasteiger charge is -2.29. The summed E-state index contributed by atoms with van der Waals surface area (Å²) in [6, 6.07) is -0.289. The molecule has 0 saturated carbocycles. The summed E-state index contributed by atoms with van der Waals surface area (Å²) in [5.74, 6) is 0.421. The second-order valence-corrected chi connectivity index (χ2v) is 5.97. The molecule has 2 rings (SSSR count). The highest BCUT2D eigenvalue weighted by Crippen LogP contribution is 2.21. The van der Waals surface area contributed by atoms with E-state index in [0.29, 0.717) is 10.9 Å². The van der Waals surface area contributed by atoms with Crippen LogP contribution < -0.4 is 5.43 Å². The van der Waals surface area contributed by atoms with Crippen molar-refractivity contribution in [2.24, 2.45) is 5.10 Å². The fourth-order valence-corrected chi connectivity index (χ4v) is 2.96. The molecule has 1 aliphatic carbocycles. The van der Waals surface area contributed by atoms with Gasteiger partial charge in [-0.2, -0.15) is 5.10 Å². The number of carbonyl (C=O) groups excluding carboxylic acids is 1. The fraction of sp³-hybridized carbons (Fsp3) is 0.571. The number of likely N-dealkylation sites (tertiary alicyclic amines) is 1. The van der Waals surface area contributed by atoms with E-state index in [9.17, 15) is 4.79 Å². The van der Waals surface area contributed by atoms with Gasteiger partial charge in [0.25, 0.3) is 0 Å². The maximum Gasteiger partial charge on any atom is 0.196 e. The predicted octanol–water partition coefficient (Wildman–Crippen LogP) is 2.63. The van der Waals surface area contributed by atoms with Crippen molar-refractivity contribution in [3.05, 3.63) is 23.3 Å². The second kappa shape index (κ2) is 7.14. The molecule has 0 aromatic heterocycles. The maximum atomic E-state index is 11.8. The molecular weight excluding hydrogens is 297 g/mol. The van der Waals surface area contributed by atoms with E-state index in [0.717, 1.165) is 25.9 Å². The summed E-state index contributed by atoms with van der Waals surface area (Å²) in [6.07, 6.45) is 8.84. The highest BCUT2D eigenvalue weighted by Gasteiger charge is 2.24. The normalized spacial score (nSPS) is 27.2. The molecular formula is C14H19Cl2N3O. The smallest absolute Gasteiger partial charge is 0.196 e. The van der Waals surface area contributed by atoms with Gasteiger partial charge < -0.3 is 4.90 Å². The molecule has 1 aliphatic heterocycles. The van der Waals surface area contributed by atoms with Crippen LogP contribution in [0.2, 0.25) is 0 Å². The number of halogens is 2. The van der Waals surface area contributed by atoms with Gasteiger partial charge in [0.2, 0.25) is 0 Å². The molecule has 20 heavy (non-hydrogen) atoms. The summed E-state index contributed by atoms with van der Waals surface area (Å²) in [4.78, 5) is 13.8. The lowest BCUT2D eigenvalue weighted by molar-refractivity contribution is -0.111. The van der Waals surface area contributed by atoms with E-state index in [1.54, 1.807) is 6.08 Å². The van der Waals surface area contributed by atoms with Crippen LogP contribution in [0, 0.1) is 0 Å². The van der Waals surface area contributed by atoms with Crippen LogP contribution in [0.25, 0.3) is 0 Å². The van der Waals surface area contributed by atoms with Gasteiger partial charge in [0, 0.05) is 25.0 Å². The van der Waals surface area contributed by atoms with E-state index in [1.807, 2.05) is 17.1 Å². The number of piperidine rings is 1. The number of ketones is 1.